The van der Waals surface area contributed by atoms with Gasteiger partial charge < -0.3 is 14.7 Å². The molecular formula is C18H22N2O4. The standard InChI is InChI=1S/C18H22N2O4/c1-5-11(2)20(10-17(21)22)18(23)15-8-13-6-7-14(24-4)9-16(13)19-12(15)3/h6-9,11H,5,10H2,1-4H3,(H,21,22). The molecule has 128 valence electrons. The third-order valence-corrected chi connectivity index (χ3v) is 4.14. The number of hydrogen-bond acceptors (Lipinski definition) is 4. The van der Waals surface area contributed by atoms with Gasteiger partial charge in [0.25, 0.3) is 5.91 Å². The van der Waals surface area contributed by atoms with Crippen molar-refractivity contribution in [3.63, 3.8) is 0 Å². The van der Waals surface area contributed by atoms with Gasteiger partial charge in [0, 0.05) is 17.5 Å². The highest BCUT2D eigenvalue weighted by Crippen LogP contribution is 2.23. The minimum Gasteiger partial charge on any atom is -0.497 e. The number of aromatic nitrogens is 1. The fraction of sp³-hybridized carbons (Fsp3) is 0.389. The molecule has 6 heteroatoms. The Morgan fingerprint density at radius 3 is 2.62 bits per heavy atom. The van der Waals surface area contributed by atoms with E-state index in [0.29, 0.717) is 23.4 Å². The third kappa shape index (κ3) is 3.64. The molecule has 0 radical (unpaired) electrons. The van der Waals surface area contributed by atoms with Gasteiger partial charge in [0.15, 0.2) is 0 Å². The number of rotatable bonds is 6. The van der Waals surface area contributed by atoms with Gasteiger partial charge in [0.2, 0.25) is 0 Å². The molecule has 0 aliphatic carbocycles. The highest BCUT2D eigenvalue weighted by molar-refractivity contribution is 6.00. The van der Waals surface area contributed by atoms with Crippen molar-refractivity contribution in [3.05, 3.63) is 35.5 Å². The number of pyridine rings is 1. The predicted molar refractivity (Wildman–Crippen MR) is 91.5 cm³/mol. The van der Waals surface area contributed by atoms with Gasteiger partial charge >= 0.3 is 5.97 Å². The first kappa shape index (κ1) is 17.7. The molecule has 0 aliphatic heterocycles. The van der Waals surface area contributed by atoms with Gasteiger partial charge in [-0.25, -0.2) is 0 Å². The second-order valence-corrected chi connectivity index (χ2v) is 5.76. The lowest BCUT2D eigenvalue weighted by Gasteiger charge is -2.27. The van der Waals surface area contributed by atoms with E-state index in [4.69, 9.17) is 9.84 Å². The molecular weight excluding hydrogens is 308 g/mol. The van der Waals surface area contributed by atoms with Gasteiger partial charge in [-0.3, -0.25) is 14.6 Å². The minimum atomic E-state index is -1.03. The average molecular weight is 330 g/mol. The van der Waals surface area contributed by atoms with Crippen LogP contribution in [0, 0.1) is 6.92 Å². The van der Waals surface area contributed by atoms with Gasteiger partial charge in [-0.1, -0.05) is 6.92 Å². The Morgan fingerprint density at radius 2 is 2.04 bits per heavy atom. The number of aryl methyl sites for hydroxylation is 1. The number of methoxy groups -OCH3 is 1. The lowest BCUT2D eigenvalue weighted by Crippen LogP contribution is -2.42. The van der Waals surface area contributed by atoms with E-state index in [2.05, 4.69) is 4.98 Å². The summed E-state index contributed by atoms with van der Waals surface area (Å²) in [5.74, 6) is -0.644. The first-order chi connectivity index (χ1) is 11.4. The zero-order valence-corrected chi connectivity index (χ0v) is 14.4. The predicted octanol–water partition coefficient (Wildman–Crippen LogP) is 2.88. The lowest BCUT2D eigenvalue weighted by molar-refractivity contribution is -0.138. The highest BCUT2D eigenvalue weighted by atomic mass is 16.5. The van der Waals surface area contributed by atoms with Crippen molar-refractivity contribution < 1.29 is 19.4 Å². The van der Waals surface area contributed by atoms with Crippen LogP contribution in [-0.2, 0) is 4.79 Å². The Kier molecular flexibility index (Phi) is 5.39. The van der Waals surface area contributed by atoms with Gasteiger partial charge in [-0.2, -0.15) is 0 Å². The van der Waals surface area contributed by atoms with Crippen molar-refractivity contribution in [1.29, 1.82) is 0 Å². The average Bonchev–Trinajstić information content (AvgIpc) is 2.57. The molecule has 1 N–H and O–H groups in total. The molecule has 1 aromatic heterocycles. The largest absolute Gasteiger partial charge is 0.497 e. The zero-order chi connectivity index (χ0) is 17.9. The third-order valence-electron chi connectivity index (χ3n) is 4.14. The molecule has 2 rings (SSSR count). The summed E-state index contributed by atoms with van der Waals surface area (Å²) >= 11 is 0. The molecule has 0 bridgehead atoms. The Labute approximate surface area is 141 Å². The zero-order valence-electron chi connectivity index (χ0n) is 14.4. The van der Waals surface area contributed by atoms with Crippen LogP contribution in [0.15, 0.2) is 24.3 Å². The van der Waals surface area contributed by atoms with E-state index in [0.717, 1.165) is 10.9 Å². The maximum absolute atomic E-state index is 12.9. The summed E-state index contributed by atoms with van der Waals surface area (Å²) in [6.07, 6.45) is 0.677. The van der Waals surface area contributed by atoms with Gasteiger partial charge in [0.05, 0.1) is 23.9 Å². The second kappa shape index (κ2) is 7.29. The van der Waals surface area contributed by atoms with Gasteiger partial charge in [-0.05, 0) is 38.5 Å². The monoisotopic (exact) mass is 330 g/mol. The van der Waals surface area contributed by atoms with E-state index in [-0.39, 0.29) is 18.5 Å². The van der Waals surface area contributed by atoms with Crippen LogP contribution in [0.4, 0.5) is 0 Å². The first-order valence-electron chi connectivity index (χ1n) is 7.85. The van der Waals surface area contributed by atoms with E-state index >= 15 is 0 Å². The number of amides is 1. The maximum Gasteiger partial charge on any atom is 0.323 e. The number of ether oxygens (including phenoxy) is 1. The van der Waals surface area contributed by atoms with Crippen LogP contribution in [0.5, 0.6) is 5.75 Å². The SMILES string of the molecule is CCC(C)N(CC(=O)O)C(=O)c1cc2ccc(OC)cc2nc1C. The summed E-state index contributed by atoms with van der Waals surface area (Å²) in [4.78, 5) is 29.8. The van der Waals surface area contributed by atoms with Crippen LogP contribution in [0.3, 0.4) is 0 Å². The first-order valence-corrected chi connectivity index (χ1v) is 7.85. The number of fused-ring (bicyclic) bond motifs is 1. The quantitative estimate of drug-likeness (QED) is 0.881. The Balaban J connectivity index is 2.47. The molecule has 1 amide bonds. The summed E-state index contributed by atoms with van der Waals surface area (Å²) in [5.41, 5.74) is 1.73. The Bertz CT molecular complexity index is 773. The number of carboxylic acid groups (broad SMARTS) is 1. The number of aliphatic carboxylic acids is 1. The number of carbonyl (C=O) groups is 2. The van der Waals surface area contributed by atoms with Crippen LogP contribution in [0.1, 0.15) is 36.3 Å². The second-order valence-electron chi connectivity index (χ2n) is 5.76. The van der Waals surface area contributed by atoms with E-state index in [1.165, 1.54) is 4.90 Å². The lowest BCUT2D eigenvalue weighted by atomic mass is 10.1. The number of carboxylic acids is 1. The number of carbonyl (C=O) groups excluding carboxylic acids is 1. The molecule has 1 heterocycles. The smallest absolute Gasteiger partial charge is 0.323 e. The van der Waals surface area contributed by atoms with Crippen molar-refractivity contribution in [2.75, 3.05) is 13.7 Å². The van der Waals surface area contributed by atoms with Crippen LogP contribution >= 0.6 is 0 Å². The van der Waals surface area contributed by atoms with Crippen molar-refractivity contribution in [2.24, 2.45) is 0 Å². The molecule has 0 aliphatic rings. The fourth-order valence-corrected chi connectivity index (χ4v) is 2.54. The van der Waals surface area contributed by atoms with Gasteiger partial charge in [0.1, 0.15) is 12.3 Å². The topological polar surface area (TPSA) is 79.7 Å². The number of benzene rings is 1. The number of nitrogens with zero attached hydrogens (tertiary/aromatic N) is 2. The molecule has 2 aromatic rings. The van der Waals surface area contributed by atoms with Crippen molar-refractivity contribution in [2.45, 2.75) is 33.2 Å². The molecule has 1 aromatic carbocycles. The Hall–Kier alpha value is -2.63. The molecule has 0 saturated carbocycles. The summed E-state index contributed by atoms with van der Waals surface area (Å²) < 4.78 is 5.19. The molecule has 1 unspecified atom stereocenters. The summed E-state index contributed by atoms with van der Waals surface area (Å²) in [6.45, 7) is 5.19. The Morgan fingerprint density at radius 1 is 1.33 bits per heavy atom. The summed E-state index contributed by atoms with van der Waals surface area (Å²) in [5, 5.41) is 9.91. The van der Waals surface area contributed by atoms with Crippen LogP contribution in [0.25, 0.3) is 10.9 Å². The fourth-order valence-electron chi connectivity index (χ4n) is 2.54. The molecule has 1 atom stereocenters. The van der Waals surface area contributed by atoms with E-state index in [1.807, 2.05) is 19.9 Å². The summed E-state index contributed by atoms with van der Waals surface area (Å²) in [7, 11) is 1.59. The van der Waals surface area contributed by atoms with Crippen LogP contribution < -0.4 is 4.74 Å². The van der Waals surface area contributed by atoms with Crippen molar-refractivity contribution in [3.8, 4) is 5.75 Å². The molecule has 6 nitrogen and oxygen atoms in total. The van der Waals surface area contributed by atoms with Crippen molar-refractivity contribution >= 4 is 22.8 Å². The normalized spacial score (nSPS) is 12.0. The summed E-state index contributed by atoms with van der Waals surface area (Å²) in [6, 6.07) is 7.04. The van der Waals surface area contributed by atoms with Crippen molar-refractivity contribution in [1.82, 2.24) is 9.88 Å². The molecule has 24 heavy (non-hydrogen) atoms. The highest BCUT2D eigenvalue weighted by Gasteiger charge is 2.24. The van der Waals surface area contributed by atoms with E-state index < -0.39 is 5.97 Å². The van der Waals surface area contributed by atoms with E-state index in [1.54, 1.807) is 32.2 Å². The molecule has 0 saturated heterocycles. The van der Waals surface area contributed by atoms with E-state index in [9.17, 15) is 9.59 Å². The van der Waals surface area contributed by atoms with Gasteiger partial charge in [-0.15, -0.1) is 0 Å². The van der Waals surface area contributed by atoms with Crippen LogP contribution in [0.2, 0.25) is 0 Å². The minimum absolute atomic E-state index is 0.167. The molecule has 0 spiro atoms. The number of hydrogen-bond donors (Lipinski definition) is 1. The molecule has 0 fully saturated rings. The van der Waals surface area contributed by atoms with Crippen LogP contribution in [-0.4, -0.2) is 46.6 Å². The maximum atomic E-state index is 12.9.